The molecule has 0 spiro atoms. The van der Waals surface area contributed by atoms with Crippen LogP contribution >= 0.6 is 11.8 Å². The summed E-state index contributed by atoms with van der Waals surface area (Å²) in [6.45, 7) is 5.76. The largest absolute Gasteiger partial charge is 0.293 e. The maximum absolute atomic E-state index is 12.5. The monoisotopic (exact) mass is 351 g/mol. The summed E-state index contributed by atoms with van der Waals surface area (Å²) in [5.74, 6) is 0.393. The Labute approximate surface area is 151 Å². The topological polar surface area (TPSA) is 105 Å². The van der Waals surface area contributed by atoms with E-state index in [1.54, 1.807) is 0 Å². The van der Waals surface area contributed by atoms with E-state index in [0.717, 1.165) is 11.1 Å². The predicted octanol–water partition coefficient (Wildman–Crippen LogP) is 2.98. The smallest absolute Gasteiger partial charge is 0.289 e. The van der Waals surface area contributed by atoms with Gasteiger partial charge in [0.15, 0.2) is 10.8 Å². The Kier molecular flexibility index (Phi) is 5.80. The molecule has 0 saturated heterocycles. The van der Waals surface area contributed by atoms with Gasteiger partial charge in [0.2, 0.25) is 0 Å². The Morgan fingerprint density at radius 1 is 1.24 bits per heavy atom. The van der Waals surface area contributed by atoms with Crippen molar-refractivity contribution in [1.82, 2.24) is 0 Å². The molecule has 0 aliphatic rings. The molecule has 0 radical (unpaired) electrons. The molecule has 25 heavy (non-hydrogen) atoms. The van der Waals surface area contributed by atoms with Crippen LogP contribution in [0.15, 0.2) is 23.2 Å². The zero-order chi connectivity index (χ0) is 18.6. The standard InChI is InChI=1S/C19H18N4OS/c1-4-13-15(8-20)18(22)23-19(16(13)9-21)25-10-17(24)14-6-5-11(2)7-12(14)3/h5-7H,4,10H2,1-3H3,(H2,22,23)/p+1. The number of rotatable bonds is 5. The molecule has 2 rings (SSSR count). The average molecular weight is 351 g/mol. The minimum Gasteiger partial charge on any atom is -0.293 e. The van der Waals surface area contributed by atoms with Crippen LogP contribution < -0.4 is 10.7 Å². The Morgan fingerprint density at radius 3 is 2.48 bits per heavy atom. The molecule has 0 aliphatic heterocycles. The lowest BCUT2D eigenvalue weighted by Crippen LogP contribution is -2.20. The van der Waals surface area contributed by atoms with Crippen molar-refractivity contribution in [3.63, 3.8) is 0 Å². The zero-order valence-electron chi connectivity index (χ0n) is 14.4. The number of Topliss-reactive ketones (excluding diaryl/α,β-unsaturated/α-hetero) is 1. The maximum atomic E-state index is 12.5. The second-order valence-electron chi connectivity index (χ2n) is 5.70. The van der Waals surface area contributed by atoms with E-state index < -0.39 is 0 Å². The first-order valence-electron chi connectivity index (χ1n) is 7.84. The van der Waals surface area contributed by atoms with Gasteiger partial charge in [0.1, 0.15) is 23.3 Å². The minimum atomic E-state index is -0.0132. The van der Waals surface area contributed by atoms with E-state index in [1.807, 2.05) is 45.0 Å². The van der Waals surface area contributed by atoms with Gasteiger partial charge < -0.3 is 0 Å². The number of nitrogen functional groups attached to an aromatic ring is 1. The first-order valence-corrected chi connectivity index (χ1v) is 8.82. The molecule has 0 atom stereocenters. The average Bonchev–Trinajstić information content (AvgIpc) is 2.58. The van der Waals surface area contributed by atoms with Crippen LogP contribution in [-0.2, 0) is 6.42 Å². The molecule has 0 aliphatic carbocycles. The van der Waals surface area contributed by atoms with E-state index in [0.29, 0.717) is 33.7 Å². The maximum Gasteiger partial charge on any atom is 0.289 e. The number of benzene rings is 1. The Bertz CT molecular complexity index is 922. The fraction of sp³-hybridized carbons (Fsp3) is 0.263. The van der Waals surface area contributed by atoms with E-state index in [2.05, 4.69) is 11.1 Å². The van der Waals surface area contributed by atoms with Gasteiger partial charge in [-0.25, -0.2) is 4.98 Å². The number of hydrogen-bond acceptors (Lipinski definition) is 5. The highest BCUT2D eigenvalue weighted by Gasteiger charge is 2.22. The van der Waals surface area contributed by atoms with Crippen LogP contribution in [0.5, 0.6) is 0 Å². The number of H-pyrrole nitrogens is 1. The highest BCUT2D eigenvalue weighted by atomic mass is 32.2. The van der Waals surface area contributed by atoms with Crippen LogP contribution in [-0.4, -0.2) is 11.5 Å². The summed E-state index contributed by atoms with van der Waals surface area (Å²) in [5.41, 5.74) is 9.91. The van der Waals surface area contributed by atoms with Crippen LogP contribution in [0.2, 0.25) is 0 Å². The lowest BCUT2D eigenvalue weighted by atomic mass is 10.0. The van der Waals surface area contributed by atoms with Crippen LogP contribution in [0.3, 0.4) is 0 Å². The normalized spacial score (nSPS) is 10.1. The van der Waals surface area contributed by atoms with Crippen LogP contribution in [0, 0.1) is 36.5 Å². The number of ketones is 1. The molecule has 126 valence electrons. The number of nitriles is 2. The van der Waals surface area contributed by atoms with Gasteiger partial charge >= 0.3 is 0 Å². The molecule has 1 aromatic carbocycles. The van der Waals surface area contributed by atoms with E-state index in [9.17, 15) is 15.3 Å². The molecule has 0 fully saturated rings. The first kappa shape index (κ1) is 18.5. The Hall–Kier alpha value is -2.83. The third-order valence-corrected chi connectivity index (χ3v) is 4.96. The highest BCUT2D eigenvalue weighted by molar-refractivity contribution is 7.99. The quantitative estimate of drug-likeness (QED) is 0.658. The number of anilines is 1. The highest BCUT2D eigenvalue weighted by Crippen LogP contribution is 2.26. The second kappa shape index (κ2) is 7.83. The molecule has 0 saturated carbocycles. The number of carbonyl (C=O) groups is 1. The fourth-order valence-corrected chi connectivity index (χ4v) is 3.65. The lowest BCUT2D eigenvalue weighted by Gasteiger charge is -2.09. The van der Waals surface area contributed by atoms with Gasteiger partial charge in [-0.1, -0.05) is 42.4 Å². The molecule has 6 heteroatoms. The van der Waals surface area contributed by atoms with Gasteiger partial charge in [-0.2, -0.15) is 10.5 Å². The number of pyridine rings is 1. The summed E-state index contributed by atoms with van der Waals surface area (Å²) in [5, 5.41) is 19.2. The van der Waals surface area contributed by atoms with Gasteiger partial charge in [0, 0.05) is 11.1 Å². The Morgan fingerprint density at radius 2 is 1.92 bits per heavy atom. The van der Waals surface area contributed by atoms with E-state index in [-0.39, 0.29) is 17.4 Å². The molecule has 0 bridgehead atoms. The summed E-state index contributed by atoms with van der Waals surface area (Å²) < 4.78 is 0. The number of hydrogen-bond donors (Lipinski definition) is 1. The molecule has 1 heterocycles. The number of aromatic nitrogens is 1. The van der Waals surface area contributed by atoms with Gasteiger partial charge in [-0.15, -0.1) is 0 Å². The number of thioether (sulfide) groups is 1. The molecular formula is C19H19N4OS+. The van der Waals surface area contributed by atoms with Crippen molar-refractivity contribution in [2.75, 3.05) is 11.5 Å². The second-order valence-corrected chi connectivity index (χ2v) is 6.69. The number of nitrogens with two attached hydrogens (primary N) is 1. The van der Waals surface area contributed by atoms with Crippen molar-refractivity contribution in [3.05, 3.63) is 51.6 Å². The van der Waals surface area contributed by atoms with E-state index >= 15 is 0 Å². The van der Waals surface area contributed by atoms with Crippen LogP contribution in [0.1, 0.15) is 45.1 Å². The molecular weight excluding hydrogens is 332 g/mol. The summed E-state index contributed by atoms with van der Waals surface area (Å²) in [6.07, 6.45) is 0.517. The number of aryl methyl sites for hydroxylation is 2. The molecule has 0 amide bonds. The number of nitrogens with zero attached hydrogens (tertiary/aromatic N) is 2. The number of carbonyl (C=O) groups excluding carboxylic acids is 1. The molecule has 1 aromatic heterocycles. The molecule has 5 nitrogen and oxygen atoms in total. The fourth-order valence-electron chi connectivity index (χ4n) is 2.72. The first-order chi connectivity index (χ1) is 11.9. The van der Waals surface area contributed by atoms with Gasteiger partial charge in [0.25, 0.3) is 5.82 Å². The predicted molar refractivity (Wildman–Crippen MR) is 97.2 cm³/mol. The third-order valence-electron chi connectivity index (χ3n) is 3.96. The van der Waals surface area contributed by atoms with Crippen molar-refractivity contribution in [2.45, 2.75) is 32.2 Å². The van der Waals surface area contributed by atoms with E-state index in [4.69, 9.17) is 5.73 Å². The number of aromatic amines is 1. The Balaban J connectivity index is 2.32. The van der Waals surface area contributed by atoms with Crippen LogP contribution in [0.4, 0.5) is 5.82 Å². The van der Waals surface area contributed by atoms with Crippen LogP contribution in [0.25, 0.3) is 0 Å². The summed E-state index contributed by atoms with van der Waals surface area (Å²) in [4.78, 5) is 15.4. The van der Waals surface area contributed by atoms with E-state index in [1.165, 1.54) is 11.8 Å². The molecule has 3 N–H and O–H groups in total. The summed E-state index contributed by atoms with van der Waals surface area (Å²) >= 11 is 1.23. The number of nitrogens with one attached hydrogen (secondary N) is 1. The van der Waals surface area contributed by atoms with Crippen molar-refractivity contribution in [2.24, 2.45) is 0 Å². The zero-order valence-corrected chi connectivity index (χ0v) is 15.3. The van der Waals surface area contributed by atoms with Crippen molar-refractivity contribution in [1.29, 1.82) is 10.5 Å². The molecule has 2 aromatic rings. The summed E-state index contributed by atoms with van der Waals surface area (Å²) in [7, 11) is 0. The SMILES string of the molecule is CCc1c(C#N)c(N)[nH+]c(SCC(=O)c2ccc(C)cc2C)c1C#N. The minimum absolute atomic E-state index is 0.0132. The third kappa shape index (κ3) is 3.81. The van der Waals surface area contributed by atoms with Gasteiger partial charge in [-0.05, 0) is 25.8 Å². The van der Waals surface area contributed by atoms with Crippen molar-refractivity contribution >= 4 is 23.4 Å². The lowest BCUT2D eigenvalue weighted by molar-refractivity contribution is -0.410. The van der Waals surface area contributed by atoms with Gasteiger partial charge in [0.05, 0.1) is 5.75 Å². The molecule has 0 unspecified atom stereocenters. The van der Waals surface area contributed by atoms with Gasteiger partial charge in [-0.3, -0.25) is 10.5 Å². The van der Waals surface area contributed by atoms with Crippen molar-refractivity contribution in [3.8, 4) is 12.1 Å². The van der Waals surface area contributed by atoms with Crippen molar-refractivity contribution < 1.29 is 9.78 Å². The summed E-state index contributed by atoms with van der Waals surface area (Å²) in [6, 6.07) is 9.87.